The first kappa shape index (κ1) is 16.2. The molecule has 0 unspecified atom stereocenters. The summed E-state index contributed by atoms with van der Waals surface area (Å²) in [5, 5.41) is 2.31. The van der Waals surface area contributed by atoms with Gasteiger partial charge in [0.05, 0.1) is 0 Å². The number of carbonyl (C=O) groups is 2. The highest BCUT2D eigenvalue weighted by Gasteiger charge is 2.05. The summed E-state index contributed by atoms with van der Waals surface area (Å²) in [6.45, 7) is 6.77. The lowest BCUT2D eigenvalue weighted by atomic mass is 9.99. The molecule has 0 atom stereocenters. The van der Waals surface area contributed by atoms with Gasteiger partial charge in [-0.15, -0.1) is 0 Å². The Kier molecular flexibility index (Phi) is 5.89. The molecule has 4 nitrogen and oxygen atoms in total. The van der Waals surface area contributed by atoms with Crippen LogP contribution in [-0.4, -0.2) is 11.8 Å². The molecule has 0 heterocycles. The Balaban J connectivity index is 0.000000383. The number of benzene rings is 2. The molecular weight excluding hydrogens is 264 g/mol. The second-order valence-corrected chi connectivity index (χ2v) is 4.39. The number of nitrogens with two attached hydrogens (primary N) is 2. The first-order chi connectivity index (χ1) is 9.95. The van der Waals surface area contributed by atoms with Crippen molar-refractivity contribution >= 4 is 22.6 Å². The van der Waals surface area contributed by atoms with E-state index in [0.29, 0.717) is 12.0 Å². The number of carbonyl (C=O) groups excluding carboxylic acids is 2. The smallest absolute Gasteiger partial charge is 0.244 e. The van der Waals surface area contributed by atoms with E-state index in [1.54, 1.807) is 0 Å². The largest absolute Gasteiger partial charge is 0.366 e. The number of fused-ring (bicyclic) bond motifs is 1. The van der Waals surface area contributed by atoms with E-state index in [1.807, 2.05) is 42.5 Å². The van der Waals surface area contributed by atoms with Crippen molar-refractivity contribution < 1.29 is 9.59 Å². The number of hydrogen-bond donors (Lipinski definition) is 2. The summed E-state index contributed by atoms with van der Waals surface area (Å²) in [7, 11) is 0. The molecule has 2 rings (SSSR count). The third kappa shape index (κ3) is 4.95. The monoisotopic (exact) mass is 282 g/mol. The van der Waals surface area contributed by atoms with Gasteiger partial charge in [0.1, 0.15) is 0 Å². The van der Waals surface area contributed by atoms with E-state index in [2.05, 4.69) is 18.9 Å². The Morgan fingerprint density at radius 2 is 1.62 bits per heavy atom. The van der Waals surface area contributed by atoms with Crippen LogP contribution in [0.25, 0.3) is 10.8 Å². The molecule has 0 saturated heterocycles. The average molecular weight is 282 g/mol. The summed E-state index contributed by atoms with van der Waals surface area (Å²) < 4.78 is 0. The first-order valence-corrected chi connectivity index (χ1v) is 6.31. The molecule has 21 heavy (non-hydrogen) atoms. The van der Waals surface area contributed by atoms with Crippen LogP contribution in [0.4, 0.5) is 0 Å². The molecule has 0 aliphatic heterocycles. The molecular formula is C17H18N2O2. The highest BCUT2D eigenvalue weighted by Crippen LogP contribution is 2.20. The van der Waals surface area contributed by atoms with Gasteiger partial charge >= 0.3 is 0 Å². The number of amides is 2. The quantitative estimate of drug-likeness (QED) is 0.841. The zero-order valence-electron chi connectivity index (χ0n) is 11.7. The molecule has 0 saturated carbocycles. The maximum Gasteiger partial charge on any atom is 0.244 e. The molecule has 0 radical (unpaired) electrons. The van der Waals surface area contributed by atoms with Crippen LogP contribution in [0, 0.1) is 0 Å². The van der Waals surface area contributed by atoms with Crippen LogP contribution < -0.4 is 11.5 Å². The van der Waals surface area contributed by atoms with Gasteiger partial charge < -0.3 is 11.5 Å². The summed E-state index contributed by atoms with van der Waals surface area (Å²) in [6.07, 6.45) is 1.57. The zero-order chi connectivity index (χ0) is 15.8. The maximum absolute atomic E-state index is 11.0. The summed E-state index contributed by atoms with van der Waals surface area (Å²) >= 11 is 0. The van der Waals surface area contributed by atoms with Gasteiger partial charge in [-0.2, -0.15) is 0 Å². The van der Waals surface area contributed by atoms with Gasteiger partial charge in [-0.3, -0.25) is 9.59 Å². The van der Waals surface area contributed by atoms with Gasteiger partial charge in [0, 0.05) is 12.0 Å². The normalized spacial score (nSPS) is 9.33. The minimum absolute atomic E-state index is 0.437. The van der Waals surface area contributed by atoms with E-state index in [1.165, 1.54) is 0 Å². The van der Waals surface area contributed by atoms with Crippen LogP contribution >= 0.6 is 0 Å². The van der Waals surface area contributed by atoms with Gasteiger partial charge in [-0.05, 0) is 22.4 Å². The molecule has 0 aliphatic carbocycles. The molecule has 4 N–H and O–H groups in total. The van der Waals surface area contributed by atoms with Gasteiger partial charge in [0.2, 0.25) is 11.8 Å². The zero-order valence-corrected chi connectivity index (χ0v) is 11.7. The van der Waals surface area contributed by atoms with Crippen molar-refractivity contribution in [1.29, 1.82) is 0 Å². The Bertz CT molecular complexity index is 685. The van der Waals surface area contributed by atoms with Crippen molar-refractivity contribution in [2.45, 2.75) is 6.42 Å². The second kappa shape index (κ2) is 7.65. The number of hydrogen-bond acceptors (Lipinski definition) is 2. The third-order valence-corrected chi connectivity index (χ3v) is 2.83. The molecule has 2 aromatic rings. The van der Waals surface area contributed by atoms with Crippen LogP contribution in [0.5, 0.6) is 0 Å². The lowest BCUT2D eigenvalue weighted by Crippen LogP contribution is -2.14. The predicted octanol–water partition coefficient (Wildman–Crippen LogP) is 2.08. The van der Waals surface area contributed by atoms with Crippen molar-refractivity contribution in [3.8, 4) is 0 Å². The van der Waals surface area contributed by atoms with Crippen molar-refractivity contribution in [1.82, 2.24) is 0 Å². The van der Waals surface area contributed by atoms with Crippen LogP contribution in [-0.2, 0) is 16.0 Å². The standard InChI is InChI=1S/C14H13NO.C3H5NO/c1-10(14(15)16)9-12-7-4-6-11-5-2-3-8-13(11)12;1-2-3(4)5/h2-8H,1,9H2,(H2,15,16);2H,1H2,(H2,4,5). The van der Waals surface area contributed by atoms with Gasteiger partial charge in [0.15, 0.2) is 0 Å². The Morgan fingerprint density at radius 3 is 2.19 bits per heavy atom. The van der Waals surface area contributed by atoms with E-state index < -0.39 is 11.8 Å². The van der Waals surface area contributed by atoms with Crippen LogP contribution in [0.15, 0.2) is 67.3 Å². The fraction of sp³-hybridized carbons (Fsp3) is 0.0588. The summed E-state index contributed by atoms with van der Waals surface area (Å²) in [4.78, 5) is 20.4. The molecule has 4 heteroatoms. The number of primary amides is 2. The second-order valence-electron chi connectivity index (χ2n) is 4.39. The summed E-state index contributed by atoms with van der Waals surface area (Å²) in [6, 6.07) is 14.1. The lowest BCUT2D eigenvalue weighted by molar-refractivity contribution is -0.115. The Morgan fingerprint density at radius 1 is 1.05 bits per heavy atom. The predicted molar refractivity (Wildman–Crippen MR) is 85.4 cm³/mol. The molecule has 0 spiro atoms. The molecule has 0 aromatic heterocycles. The summed E-state index contributed by atoms with van der Waals surface area (Å²) in [5.41, 5.74) is 11.3. The SMILES string of the molecule is C=C(Cc1cccc2ccccc12)C(N)=O.C=CC(N)=O. The van der Waals surface area contributed by atoms with Crippen LogP contribution in [0.1, 0.15) is 5.56 Å². The molecule has 108 valence electrons. The fourth-order valence-corrected chi connectivity index (χ4v) is 1.76. The molecule has 0 bridgehead atoms. The fourth-order valence-electron chi connectivity index (χ4n) is 1.76. The van der Waals surface area contributed by atoms with Crippen molar-refractivity contribution in [2.24, 2.45) is 11.5 Å². The van der Waals surface area contributed by atoms with E-state index in [4.69, 9.17) is 5.73 Å². The van der Waals surface area contributed by atoms with Crippen molar-refractivity contribution in [3.05, 3.63) is 72.8 Å². The van der Waals surface area contributed by atoms with E-state index in [0.717, 1.165) is 22.4 Å². The van der Waals surface area contributed by atoms with Gasteiger partial charge in [0.25, 0.3) is 0 Å². The van der Waals surface area contributed by atoms with Crippen molar-refractivity contribution in [3.63, 3.8) is 0 Å². The van der Waals surface area contributed by atoms with E-state index in [-0.39, 0.29) is 0 Å². The van der Waals surface area contributed by atoms with Gasteiger partial charge in [-0.25, -0.2) is 0 Å². The van der Waals surface area contributed by atoms with Crippen LogP contribution in [0.2, 0.25) is 0 Å². The minimum atomic E-state index is -0.481. The van der Waals surface area contributed by atoms with Crippen LogP contribution in [0.3, 0.4) is 0 Å². The Hall–Kier alpha value is -2.88. The van der Waals surface area contributed by atoms with E-state index in [9.17, 15) is 9.59 Å². The van der Waals surface area contributed by atoms with Gasteiger partial charge in [-0.1, -0.05) is 55.6 Å². The van der Waals surface area contributed by atoms with Crippen molar-refractivity contribution in [2.75, 3.05) is 0 Å². The third-order valence-electron chi connectivity index (χ3n) is 2.83. The molecule has 2 aromatic carbocycles. The number of rotatable bonds is 4. The average Bonchev–Trinajstić information content (AvgIpc) is 2.48. The first-order valence-electron chi connectivity index (χ1n) is 6.31. The minimum Gasteiger partial charge on any atom is -0.366 e. The molecule has 0 fully saturated rings. The van der Waals surface area contributed by atoms with E-state index >= 15 is 0 Å². The Labute approximate surface area is 123 Å². The maximum atomic E-state index is 11.0. The lowest BCUT2D eigenvalue weighted by Gasteiger charge is -2.06. The summed E-state index contributed by atoms with van der Waals surface area (Å²) in [5.74, 6) is -0.919. The highest BCUT2D eigenvalue weighted by molar-refractivity contribution is 5.93. The molecule has 0 aliphatic rings. The topological polar surface area (TPSA) is 86.2 Å². The molecule has 2 amide bonds. The highest BCUT2D eigenvalue weighted by atomic mass is 16.1.